The number of hydrogen-bond donors (Lipinski definition) is 4. The summed E-state index contributed by atoms with van der Waals surface area (Å²) in [4.78, 5) is 29.7. The third-order valence-electron chi connectivity index (χ3n) is 3.49. The first kappa shape index (κ1) is 18.6. The molecule has 0 aliphatic heterocycles. The lowest BCUT2D eigenvalue weighted by atomic mass is 10.2. The summed E-state index contributed by atoms with van der Waals surface area (Å²) in [6.07, 6.45) is 3.26. The number of nitrogens with zero attached hydrogens (tertiary/aromatic N) is 7. The molecule has 0 aromatic carbocycles. The molecule has 0 atom stereocenters. The maximum atomic E-state index is 5.35. The molecule has 0 aliphatic carbocycles. The molecule has 0 aliphatic rings. The molecule has 0 amide bonds. The minimum atomic E-state index is -0.0191. The lowest BCUT2D eigenvalue weighted by Gasteiger charge is -2.06. The third kappa shape index (κ3) is 4.94. The van der Waals surface area contributed by atoms with E-state index in [1.807, 2.05) is 18.2 Å². The Balaban J connectivity index is 1.89. The van der Waals surface area contributed by atoms with Gasteiger partial charge in [0, 0.05) is 12.4 Å². The van der Waals surface area contributed by atoms with Gasteiger partial charge < -0.3 is 22.9 Å². The van der Waals surface area contributed by atoms with Crippen LogP contribution in [0.25, 0.3) is 22.8 Å². The Kier molecular flexibility index (Phi) is 5.65. The number of aromatic nitrogens is 5. The molecule has 11 heteroatoms. The first-order chi connectivity index (χ1) is 13.5. The van der Waals surface area contributed by atoms with E-state index < -0.39 is 0 Å². The molecule has 0 saturated heterocycles. The molecule has 0 saturated carbocycles. The number of pyridine rings is 1. The van der Waals surface area contributed by atoms with Gasteiger partial charge in [0.2, 0.25) is 0 Å². The van der Waals surface area contributed by atoms with Gasteiger partial charge in [-0.15, -0.1) is 0 Å². The van der Waals surface area contributed by atoms with E-state index in [2.05, 4.69) is 34.9 Å². The van der Waals surface area contributed by atoms with E-state index in [1.165, 1.54) is 0 Å². The number of nitrogens with two attached hydrogens (primary N) is 4. The summed E-state index contributed by atoms with van der Waals surface area (Å²) in [7, 11) is 0. The van der Waals surface area contributed by atoms with Crippen molar-refractivity contribution in [2.75, 3.05) is 0 Å². The van der Waals surface area contributed by atoms with Crippen molar-refractivity contribution >= 4 is 11.9 Å². The van der Waals surface area contributed by atoms with Crippen molar-refractivity contribution in [3.8, 4) is 22.8 Å². The topological polar surface area (TPSA) is 193 Å². The molecule has 3 heterocycles. The van der Waals surface area contributed by atoms with E-state index in [-0.39, 0.29) is 25.0 Å². The van der Waals surface area contributed by atoms with E-state index in [4.69, 9.17) is 22.9 Å². The molecule has 0 fully saturated rings. The monoisotopic (exact) mass is 377 g/mol. The zero-order valence-corrected chi connectivity index (χ0v) is 14.9. The predicted octanol–water partition coefficient (Wildman–Crippen LogP) is -0.458. The zero-order chi connectivity index (χ0) is 19.9. The van der Waals surface area contributed by atoms with Crippen molar-refractivity contribution in [3.05, 3.63) is 54.4 Å². The van der Waals surface area contributed by atoms with Crippen molar-refractivity contribution in [2.45, 2.75) is 13.1 Å². The normalized spacial score (nSPS) is 10.3. The van der Waals surface area contributed by atoms with Gasteiger partial charge in [-0.05, 0) is 24.3 Å². The molecule has 0 unspecified atom stereocenters. The fourth-order valence-electron chi connectivity index (χ4n) is 2.28. The number of hydrogen-bond acceptors (Lipinski definition) is 7. The van der Waals surface area contributed by atoms with Crippen LogP contribution in [-0.4, -0.2) is 36.8 Å². The maximum Gasteiger partial charge on any atom is 0.186 e. The highest BCUT2D eigenvalue weighted by Gasteiger charge is 2.08. The van der Waals surface area contributed by atoms with Gasteiger partial charge in [-0.1, -0.05) is 6.07 Å². The van der Waals surface area contributed by atoms with Crippen molar-refractivity contribution in [2.24, 2.45) is 32.9 Å². The molecule has 8 N–H and O–H groups in total. The van der Waals surface area contributed by atoms with Crippen LogP contribution < -0.4 is 22.9 Å². The van der Waals surface area contributed by atoms with Crippen LogP contribution in [0.1, 0.15) is 11.6 Å². The largest absolute Gasteiger partial charge is 0.370 e. The van der Waals surface area contributed by atoms with Crippen LogP contribution in [0.3, 0.4) is 0 Å². The van der Waals surface area contributed by atoms with Crippen LogP contribution in [0.5, 0.6) is 0 Å². The van der Waals surface area contributed by atoms with E-state index in [9.17, 15) is 0 Å². The Morgan fingerprint density at radius 1 is 0.643 bits per heavy atom. The van der Waals surface area contributed by atoms with Crippen LogP contribution in [0.4, 0.5) is 0 Å². The van der Waals surface area contributed by atoms with E-state index in [1.54, 1.807) is 24.5 Å². The lowest BCUT2D eigenvalue weighted by molar-refractivity contribution is 0.903. The Morgan fingerprint density at radius 2 is 1.07 bits per heavy atom. The summed E-state index contributed by atoms with van der Waals surface area (Å²) in [5, 5.41) is 0. The van der Waals surface area contributed by atoms with Gasteiger partial charge in [0.25, 0.3) is 0 Å². The second-order valence-electron chi connectivity index (χ2n) is 5.61. The standard InChI is InChI=1S/C17H19N11/c18-16(19)24-8-14-22-6-4-12(27-14)10-2-1-3-11(26-10)13-5-7-23-15(28-13)9-25-17(20)21/h1-7H,8-9H2,(H4,18,19,24)(H4,20,21,25). The molecule has 142 valence electrons. The van der Waals surface area contributed by atoms with Gasteiger partial charge >= 0.3 is 0 Å². The molecule has 11 nitrogen and oxygen atoms in total. The molecule has 28 heavy (non-hydrogen) atoms. The number of aliphatic imine (C=N–C) groups is 2. The summed E-state index contributed by atoms with van der Waals surface area (Å²) >= 11 is 0. The SMILES string of the molecule is NC(N)=NCc1nccc(-c2cccc(-c3ccnc(CN=C(N)N)n3)n2)n1. The van der Waals surface area contributed by atoms with Gasteiger partial charge in [-0.25, -0.2) is 34.9 Å². The molecule has 0 spiro atoms. The van der Waals surface area contributed by atoms with Crippen LogP contribution in [0.15, 0.2) is 52.7 Å². The number of rotatable bonds is 6. The third-order valence-corrected chi connectivity index (χ3v) is 3.49. The second-order valence-corrected chi connectivity index (χ2v) is 5.61. The van der Waals surface area contributed by atoms with Gasteiger partial charge in [0.05, 0.1) is 22.8 Å². The van der Waals surface area contributed by atoms with Crippen molar-refractivity contribution in [3.63, 3.8) is 0 Å². The Labute approximate surface area is 160 Å². The molecule has 3 aromatic rings. The molecule has 3 rings (SSSR count). The van der Waals surface area contributed by atoms with E-state index in [0.717, 1.165) is 0 Å². The van der Waals surface area contributed by atoms with Crippen molar-refractivity contribution in [1.82, 2.24) is 24.9 Å². The summed E-state index contributed by atoms with van der Waals surface area (Å²) in [6, 6.07) is 9.08. The summed E-state index contributed by atoms with van der Waals surface area (Å²) < 4.78 is 0. The fourth-order valence-corrected chi connectivity index (χ4v) is 2.28. The highest BCUT2D eigenvalue weighted by atomic mass is 15.0. The van der Waals surface area contributed by atoms with Crippen LogP contribution in [0.2, 0.25) is 0 Å². The zero-order valence-electron chi connectivity index (χ0n) is 14.9. The van der Waals surface area contributed by atoms with Crippen LogP contribution in [-0.2, 0) is 13.1 Å². The van der Waals surface area contributed by atoms with Gasteiger partial charge in [-0.2, -0.15) is 0 Å². The fraction of sp³-hybridized carbons (Fsp3) is 0.118. The predicted molar refractivity (Wildman–Crippen MR) is 105 cm³/mol. The average molecular weight is 377 g/mol. The van der Waals surface area contributed by atoms with E-state index in [0.29, 0.717) is 34.4 Å². The highest BCUT2D eigenvalue weighted by molar-refractivity contribution is 5.76. The van der Waals surface area contributed by atoms with Crippen LogP contribution in [0, 0.1) is 0 Å². The van der Waals surface area contributed by atoms with Crippen LogP contribution >= 0.6 is 0 Å². The van der Waals surface area contributed by atoms with Gasteiger partial charge in [-0.3, -0.25) is 0 Å². The van der Waals surface area contributed by atoms with Gasteiger partial charge in [0.15, 0.2) is 23.6 Å². The Bertz CT molecular complexity index is 942. The number of guanidine groups is 2. The molecule has 0 radical (unpaired) electrons. The van der Waals surface area contributed by atoms with E-state index >= 15 is 0 Å². The average Bonchev–Trinajstić information content (AvgIpc) is 2.71. The minimum Gasteiger partial charge on any atom is -0.370 e. The minimum absolute atomic E-state index is 0.0191. The molecule has 0 bridgehead atoms. The second kappa shape index (κ2) is 8.49. The smallest absolute Gasteiger partial charge is 0.186 e. The molecular weight excluding hydrogens is 358 g/mol. The maximum absolute atomic E-state index is 5.35. The Hall–Kier alpha value is -4.15. The summed E-state index contributed by atoms with van der Waals surface area (Å²) in [6.45, 7) is 0.381. The summed E-state index contributed by atoms with van der Waals surface area (Å²) in [5.74, 6) is 0.933. The van der Waals surface area contributed by atoms with Crippen molar-refractivity contribution in [1.29, 1.82) is 0 Å². The van der Waals surface area contributed by atoms with Gasteiger partial charge in [0.1, 0.15) is 13.1 Å². The van der Waals surface area contributed by atoms with Crippen molar-refractivity contribution < 1.29 is 0 Å². The quantitative estimate of drug-likeness (QED) is 0.325. The Morgan fingerprint density at radius 3 is 1.50 bits per heavy atom. The first-order valence-corrected chi connectivity index (χ1v) is 8.23. The first-order valence-electron chi connectivity index (χ1n) is 8.23. The lowest BCUT2D eigenvalue weighted by Crippen LogP contribution is -2.22. The molecule has 3 aromatic heterocycles. The summed E-state index contributed by atoms with van der Waals surface area (Å²) in [5.41, 5.74) is 24.0. The molecular formula is C17H19N11. The highest BCUT2D eigenvalue weighted by Crippen LogP contribution is 2.20.